The summed E-state index contributed by atoms with van der Waals surface area (Å²) in [5.41, 5.74) is 0.950. The van der Waals surface area contributed by atoms with Gasteiger partial charge in [-0.1, -0.05) is 36.3 Å². The maximum Gasteiger partial charge on any atom is 0.0914 e. The van der Waals surface area contributed by atoms with Gasteiger partial charge in [-0.3, -0.25) is 0 Å². The Morgan fingerprint density at radius 2 is 2.12 bits per heavy atom. The predicted octanol–water partition coefficient (Wildman–Crippen LogP) is 1.68. The van der Waals surface area contributed by atoms with Crippen LogP contribution in [0.1, 0.15) is 11.7 Å². The van der Waals surface area contributed by atoms with Gasteiger partial charge in [0.25, 0.3) is 0 Å². The maximum atomic E-state index is 9.82. The van der Waals surface area contributed by atoms with Gasteiger partial charge in [-0.25, -0.2) is 0 Å². The highest BCUT2D eigenvalue weighted by atomic mass is 32.2. The van der Waals surface area contributed by atoms with Crippen molar-refractivity contribution >= 4 is 11.8 Å². The van der Waals surface area contributed by atoms with Crippen molar-refractivity contribution in [1.82, 2.24) is 5.32 Å². The zero-order chi connectivity index (χ0) is 11.6. The first-order valence-corrected chi connectivity index (χ1v) is 6.45. The van der Waals surface area contributed by atoms with E-state index >= 15 is 0 Å². The molecule has 1 aromatic carbocycles. The second kappa shape index (κ2) is 8.23. The summed E-state index contributed by atoms with van der Waals surface area (Å²) >= 11 is 1.72. The number of aliphatic hydroxyl groups is 1. The molecule has 0 fully saturated rings. The molecular formula is C13H17NOS. The smallest absolute Gasteiger partial charge is 0.0914 e. The maximum absolute atomic E-state index is 9.82. The summed E-state index contributed by atoms with van der Waals surface area (Å²) < 4.78 is 0. The lowest BCUT2D eigenvalue weighted by Crippen LogP contribution is -2.23. The van der Waals surface area contributed by atoms with Crippen LogP contribution in [-0.4, -0.2) is 29.7 Å². The normalized spacial score (nSPS) is 12.0. The average Bonchev–Trinajstić information content (AvgIpc) is 2.34. The first-order valence-electron chi connectivity index (χ1n) is 5.29. The Hall–Kier alpha value is -0.950. The van der Waals surface area contributed by atoms with Gasteiger partial charge in [0.2, 0.25) is 0 Å². The third-order valence-corrected chi connectivity index (χ3v) is 2.99. The first-order chi connectivity index (χ1) is 7.84. The first kappa shape index (κ1) is 13.1. The van der Waals surface area contributed by atoms with E-state index in [0.29, 0.717) is 6.54 Å². The lowest BCUT2D eigenvalue weighted by molar-refractivity contribution is 0.176. The van der Waals surface area contributed by atoms with Crippen LogP contribution in [0.5, 0.6) is 0 Å². The fourth-order valence-electron chi connectivity index (χ4n) is 1.31. The number of hydrogen-bond acceptors (Lipinski definition) is 3. The van der Waals surface area contributed by atoms with Crippen molar-refractivity contribution < 1.29 is 5.11 Å². The Bertz CT molecular complexity index is 320. The largest absolute Gasteiger partial charge is 0.387 e. The standard InChI is InChI=1S/C13H17NOS/c1-2-9-16-10-8-14-11-13(15)12-6-4-3-5-7-12/h1,3-7,13-15H,8-11H2. The molecule has 0 aliphatic carbocycles. The van der Waals surface area contributed by atoms with Crippen LogP contribution in [0.2, 0.25) is 0 Å². The van der Waals surface area contributed by atoms with E-state index in [1.807, 2.05) is 30.3 Å². The van der Waals surface area contributed by atoms with Gasteiger partial charge in [-0.05, 0) is 5.56 Å². The quantitative estimate of drug-likeness (QED) is 0.557. The molecule has 86 valence electrons. The number of hydrogen-bond donors (Lipinski definition) is 2. The fraction of sp³-hybridized carbons (Fsp3) is 0.385. The van der Waals surface area contributed by atoms with Crippen LogP contribution in [0.25, 0.3) is 0 Å². The second-order valence-corrected chi connectivity index (χ2v) is 4.49. The molecule has 0 bridgehead atoms. The van der Waals surface area contributed by atoms with Crippen LogP contribution < -0.4 is 5.32 Å². The van der Waals surface area contributed by atoms with Crippen molar-refractivity contribution in [3.63, 3.8) is 0 Å². The topological polar surface area (TPSA) is 32.3 Å². The summed E-state index contributed by atoms with van der Waals surface area (Å²) in [6.45, 7) is 1.46. The minimum Gasteiger partial charge on any atom is -0.387 e. The second-order valence-electron chi connectivity index (χ2n) is 3.39. The van der Waals surface area contributed by atoms with Crippen LogP contribution in [0.15, 0.2) is 30.3 Å². The van der Waals surface area contributed by atoms with Gasteiger partial charge in [0.05, 0.1) is 11.9 Å². The number of rotatable bonds is 7. The summed E-state index contributed by atoms with van der Waals surface area (Å²) in [6.07, 6.45) is 4.70. The molecule has 0 aliphatic rings. The van der Waals surface area contributed by atoms with E-state index in [4.69, 9.17) is 6.42 Å². The fourth-order valence-corrected chi connectivity index (χ4v) is 1.86. The highest BCUT2D eigenvalue weighted by Gasteiger charge is 2.04. The lowest BCUT2D eigenvalue weighted by Gasteiger charge is -2.11. The highest BCUT2D eigenvalue weighted by molar-refractivity contribution is 7.99. The van der Waals surface area contributed by atoms with Gasteiger partial charge in [0, 0.05) is 18.8 Å². The Morgan fingerprint density at radius 1 is 1.38 bits per heavy atom. The number of terminal acetylenes is 1. The van der Waals surface area contributed by atoms with Crippen LogP contribution in [0.4, 0.5) is 0 Å². The monoisotopic (exact) mass is 235 g/mol. The Morgan fingerprint density at radius 3 is 2.81 bits per heavy atom. The van der Waals surface area contributed by atoms with E-state index in [1.165, 1.54) is 0 Å². The van der Waals surface area contributed by atoms with E-state index in [9.17, 15) is 5.11 Å². The Kier molecular flexibility index (Phi) is 6.75. The summed E-state index contributed by atoms with van der Waals surface area (Å²) in [7, 11) is 0. The summed E-state index contributed by atoms with van der Waals surface area (Å²) in [5.74, 6) is 4.31. The molecule has 1 rings (SSSR count). The van der Waals surface area contributed by atoms with E-state index < -0.39 is 6.10 Å². The third-order valence-electron chi connectivity index (χ3n) is 2.13. The van der Waals surface area contributed by atoms with Gasteiger partial charge in [-0.2, -0.15) is 0 Å². The highest BCUT2D eigenvalue weighted by Crippen LogP contribution is 2.10. The SMILES string of the molecule is C#CCSCCNCC(O)c1ccccc1. The van der Waals surface area contributed by atoms with Crippen LogP contribution >= 0.6 is 11.8 Å². The van der Waals surface area contributed by atoms with Gasteiger partial charge in [-0.15, -0.1) is 18.2 Å². The molecule has 0 saturated carbocycles. The Balaban J connectivity index is 2.12. The van der Waals surface area contributed by atoms with Crippen molar-refractivity contribution in [2.45, 2.75) is 6.10 Å². The van der Waals surface area contributed by atoms with E-state index in [-0.39, 0.29) is 0 Å². The summed E-state index contributed by atoms with van der Waals surface area (Å²) in [5, 5.41) is 13.0. The lowest BCUT2D eigenvalue weighted by atomic mass is 10.1. The zero-order valence-electron chi connectivity index (χ0n) is 9.23. The molecule has 0 radical (unpaired) electrons. The predicted molar refractivity (Wildman–Crippen MR) is 70.4 cm³/mol. The van der Waals surface area contributed by atoms with Crippen LogP contribution in [-0.2, 0) is 0 Å². The molecule has 2 N–H and O–H groups in total. The molecule has 0 aliphatic heterocycles. The minimum atomic E-state index is -0.432. The molecule has 0 saturated heterocycles. The molecule has 0 amide bonds. The zero-order valence-corrected chi connectivity index (χ0v) is 10.0. The van der Waals surface area contributed by atoms with Crippen LogP contribution in [0.3, 0.4) is 0 Å². The molecule has 1 unspecified atom stereocenters. The molecular weight excluding hydrogens is 218 g/mol. The molecule has 16 heavy (non-hydrogen) atoms. The molecule has 3 heteroatoms. The van der Waals surface area contributed by atoms with E-state index in [0.717, 1.165) is 23.6 Å². The van der Waals surface area contributed by atoms with E-state index in [2.05, 4.69) is 11.2 Å². The number of aliphatic hydroxyl groups excluding tert-OH is 1. The van der Waals surface area contributed by atoms with Crippen LogP contribution in [0, 0.1) is 12.3 Å². The molecule has 2 nitrogen and oxygen atoms in total. The summed E-state index contributed by atoms with van der Waals surface area (Å²) in [6, 6.07) is 9.67. The molecule has 0 spiro atoms. The number of nitrogens with one attached hydrogen (secondary N) is 1. The van der Waals surface area contributed by atoms with Crippen molar-refractivity contribution in [2.24, 2.45) is 0 Å². The van der Waals surface area contributed by atoms with Crippen molar-refractivity contribution in [3.8, 4) is 12.3 Å². The number of benzene rings is 1. The molecule has 0 heterocycles. The van der Waals surface area contributed by atoms with Crippen molar-refractivity contribution in [1.29, 1.82) is 0 Å². The number of thioether (sulfide) groups is 1. The van der Waals surface area contributed by atoms with Gasteiger partial charge in [0.1, 0.15) is 0 Å². The van der Waals surface area contributed by atoms with E-state index in [1.54, 1.807) is 11.8 Å². The molecule has 1 atom stereocenters. The van der Waals surface area contributed by atoms with Gasteiger partial charge in [0.15, 0.2) is 0 Å². The minimum absolute atomic E-state index is 0.432. The molecule has 1 aromatic rings. The third kappa shape index (κ3) is 5.22. The Labute approximate surface area is 101 Å². The van der Waals surface area contributed by atoms with Gasteiger partial charge >= 0.3 is 0 Å². The van der Waals surface area contributed by atoms with Crippen molar-refractivity contribution in [3.05, 3.63) is 35.9 Å². The average molecular weight is 235 g/mol. The molecule has 0 aromatic heterocycles. The van der Waals surface area contributed by atoms with Gasteiger partial charge < -0.3 is 10.4 Å². The van der Waals surface area contributed by atoms with Crippen molar-refractivity contribution in [2.75, 3.05) is 24.6 Å². The summed E-state index contributed by atoms with van der Waals surface area (Å²) in [4.78, 5) is 0.